The summed E-state index contributed by atoms with van der Waals surface area (Å²) in [5, 5.41) is 3.96. The first-order chi connectivity index (χ1) is 11.5. The Kier molecular flexibility index (Phi) is 6.09. The molecule has 2 rings (SSSR count). The van der Waals surface area contributed by atoms with Crippen molar-refractivity contribution in [2.45, 2.75) is 32.7 Å². The van der Waals surface area contributed by atoms with E-state index in [0.29, 0.717) is 6.54 Å². The zero-order chi connectivity index (χ0) is 17.7. The Labute approximate surface area is 142 Å². The largest absolute Gasteiger partial charge is 0.497 e. The van der Waals surface area contributed by atoms with Crippen LogP contribution in [0.4, 0.5) is 0 Å². The fraction of sp³-hybridized carbons (Fsp3) is 0.500. The van der Waals surface area contributed by atoms with E-state index < -0.39 is 0 Å². The molecule has 2 aromatic rings. The van der Waals surface area contributed by atoms with Gasteiger partial charge in [-0.3, -0.25) is 4.79 Å². The number of benzene rings is 1. The first-order valence-corrected chi connectivity index (χ1v) is 8.23. The van der Waals surface area contributed by atoms with E-state index in [4.69, 9.17) is 15.2 Å². The third-order valence-corrected chi connectivity index (χ3v) is 4.31. The Bertz CT molecular complexity index is 694. The lowest BCUT2D eigenvalue weighted by Gasteiger charge is -2.15. The number of hydrogen-bond acceptors (Lipinski definition) is 4. The molecule has 0 saturated heterocycles. The van der Waals surface area contributed by atoms with E-state index in [0.717, 1.165) is 40.9 Å². The van der Waals surface area contributed by atoms with Crippen LogP contribution in [-0.2, 0) is 11.2 Å². The van der Waals surface area contributed by atoms with E-state index in [1.165, 1.54) is 0 Å². The van der Waals surface area contributed by atoms with Crippen molar-refractivity contribution in [3.8, 4) is 11.5 Å². The molecule has 6 heteroatoms. The molecule has 0 spiro atoms. The normalized spacial score (nSPS) is 13.5. The van der Waals surface area contributed by atoms with Gasteiger partial charge in [-0.1, -0.05) is 6.92 Å². The minimum Gasteiger partial charge on any atom is -0.497 e. The van der Waals surface area contributed by atoms with Crippen molar-refractivity contribution in [3.05, 3.63) is 23.9 Å². The summed E-state index contributed by atoms with van der Waals surface area (Å²) in [5.41, 5.74) is 7.82. The van der Waals surface area contributed by atoms with Gasteiger partial charge in [0.2, 0.25) is 5.91 Å². The molecule has 2 unspecified atom stereocenters. The minimum atomic E-state index is -0.171. The maximum atomic E-state index is 11.9. The van der Waals surface area contributed by atoms with E-state index >= 15 is 0 Å². The van der Waals surface area contributed by atoms with Crippen LogP contribution in [0.2, 0.25) is 0 Å². The Hall–Kier alpha value is -2.21. The number of H-pyrrole nitrogens is 1. The highest BCUT2D eigenvalue weighted by Crippen LogP contribution is 2.31. The molecule has 132 valence electrons. The summed E-state index contributed by atoms with van der Waals surface area (Å²) < 4.78 is 10.7. The molecule has 0 bridgehead atoms. The van der Waals surface area contributed by atoms with Crippen LogP contribution in [0.15, 0.2) is 18.2 Å². The summed E-state index contributed by atoms with van der Waals surface area (Å²) in [6.45, 7) is 4.32. The quantitative estimate of drug-likeness (QED) is 0.646. The van der Waals surface area contributed by atoms with E-state index in [2.05, 4.69) is 16.4 Å². The Morgan fingerprint density at radius 1 is 1.25 bits per heavy atom. The van der Waals surface area contributed by atoms with Crippen LogP contribution in [0.5, 0.6) is 11.5 Å². The fourth-order valence-electron chi connectivity index (χ4n) is 2.55. The van der Waals surface area contributed by atoms with Crippen molar-refractivity contribution in [2.24, 2.45) is 11.7 Å². The van der Waals surface area contributed by atoms with Crippen molar-refractivity contribution >= 4 is 16.8 Å². The summed E-state index contributed by atoms with van der Waals surface area (Å²) in [7, 11) is 3.28. The lowest BCUT2D eigenvalue weighted by atomic mass is 10.0. The van der Waals surface area contributed by atoms with Gasteiger partial charge in [0.05, 0.1) is 19.7 Å². The van der Waals surface area contributed by atoms with Crippen LogP contribution in [0.1, 0.15) is 26.0 Å². The molecule has 4 N–H and O–H groups in total. The zero-order valence-corrected chi connectivity index (χ0v) is 14.8. The van der Waals surface area contributed by atoms with E-state index in [9.17, 15) is 4.79 Å². The summed E-state index contributed by atoms with van der Waals surface area (Å²) in [6, 6.07) is 5.77. The van der Waals surface area contributed by atoms with E-state index in [1.54, 1.807) is 14.2 Å². The molecule has 0 aliphatic carbocycles. The zero-order valence-electron chi connectivity index (χ0n) is 14.8. The molecule has 1 aromatic heterocycles. The van der Waals surface area contributed by atoms with Crippen LogP contribution in [-0.4, -0.2) is 37.7 Å². The van der Waals surface area contributed by atoms with Crippen LogP contribution in [0.25, 0.3) is 10.9 Å². The molecule has 0 saturated carbocycles. The van der Waals surface area contributed by atoms with Gasteiger partial charge in [-0.15, -0.1) is 0 Å². The molecule has 24 heavy (non-hydrogen) atoms. The molecule has 0 radical (unpaired) electrons. The van der Waals surface area contributed by atoms with Crippen LogP contribution in [0.3, 0.4) is 0 Å². The van der Waals surface area contributed by atoms with Gasteiger partial charge in [-0.05, 0) is 25.8 Å². The van der Waals surface area contributed by atoms with Crippen LogP contribution < -0.4 is 20.5 Å². The van der Waals surface area contributed by atoms with Crippen molar-refractivity contribution in [1.29, 1.82) is 0 Å². The van der Waals surface area contributed by atoms with Gasteiger partial charge in [-0.25, -0.2) is 0 Å². The number of fused-ring (bicyclic) bond motifs is 1. The van der Waals surface area contributed by atoms with Gasteiger partial charge >= 0.3 is 0 Å². The van der Waals surface area contributed by atoms with Crippen LogP contribution in [0, 0.1) is 5.92 Å². The highest BCUT2D eigenvalue weighted by atomic mass is 16.5. The third kappa shape index (κ3) is 4.20. The predicted octanol–water partition coefficient (Wildman–Crippen LogP) is 2.22. The van der Waals surface area contributed by atoms with Gasteiger partial charge in [0.15, 0.2) is 0 Å². The van der Waals surface area contributed by atoms with E-state index in [1.807, 2.05) is 26.0 Å². The number of nitrogens with one attached hydrogen (secondary N) is 2. The number of ether oxygens (including phenoxy) is 2. The molecular formula is C18H27N3O3. The number of rotatable bonds is 8. The number of nitrogens with two attached hydrogens (primary N) is 1. The van der Waals surface area contributed by atoms with Crippen LogP contribution >= 0.6 is 0 Å². The first kappa shape index (κ1) is 18.1. The maximum absolute atomic E-state index is 11.9. The van der Waals surface area contributed by atoms with Crippen molar-refractivity contribution in [3.63, 3.8) is 0 Å². The Morgan fingerprint density at radius 3 is 2.62 bits per heavy atom. The molecule has 6 nitrogen and oxygen atoms in total. The summed E-state index contributed by atoms with van der Waals surface area (Å²) in [6.07, 6.45) is 1.69. The lowest BCUT2D eigenvalue weighted by Crippen LogP contribution is -2.39. The number of carbonyl (C=O) groups excluding carboxylic acids is 1. The van der Waals surface area contributed by atoms with Crippen molar-refractivity contribution in [1.82, 2.24) is 10.3 Å². The molecule has 1 aromatic carbocycles. The minimum absolute atomic E-state index is 0.00746. The van der Waals surface area contributed by atoms with Gasteiger partial charge < -0.3 is 25.5 Å². The van der Waals surface area contributed by atoms with Crippen molar-refractivity contribution < 1.29 is 14.3 Å². The number of methoxy groups -OCH3 is 2. The lowest BCUT2D eigenvalue weighted by molar-refractivity contribution is -0.124. The molecule has 0 aliphatic heterocycles. The maximum Gasteiger partial charge on any atom is 0.224 e. The second kappa shape index (κ2) is 8.06. The number of aromatic nitrogens is 1. The van der Waals surface area contributed by atoms with Gasteiger partial charge in [0, 0.05) is 41.7 Å². The third-order valence-electron chi connectivity index (χ3n) is 4.31. The highest BCUT2D eigenvalue weighted by Gasteiger charge is 2.16. The van der Waals surface area contributed by atoms with Crippen molar-refractivity contribution in [2.75, 3.05) is 20.8 Å². The Morgan fingerprint density at radius 2 is 2.00 bits per heavy atom. The summed E-state index contributed by atoms with van der Waals surface area (Å²) in [5.74, 6) is 1.37. The number of amides is 1. The fourth-order valence-corrected chi connectivity index (χ4v) is 2.55. The summed E-state index contributed by atoms with van der Waals surface area (Å²) >= 11 is 0. The molecule has 0 aliphatic rings. The summed E-state index contributed by atoms with van der Waals surface area (Å²) in [4.78, 5) is 15.2. The molecule has 2 atom stereocenters. The highest BCUT2D eigenvalue weighted by molar-refractivity contribution is 5.88. The Balaban J connectivity index is 1.95. The molecule has 1 amide bonds. The molecular weight excluding hydrogens is 306 g/mol. The predicted molar refractivity (Wildman–Crippen MR) is 95.5 cm³/mol. The molecule has 1 heterocycles. The standard InChI is InChI=1S/C18H27N3O3/c1-11(12(2)19)18(22)20-7-5-6-13-8-15-16(21-13)9-14(23-3)10-17(15)24-4/h8-12,21H,5-7,19H2,1-4H3,(H,20,22). The number of carbonyl (C=O) groups is 1. The number of hydrogen-bond donors (Lipinski definition) is 3. The molecule has 0 fully saturated rings. The SMILES string of the molecule is COc1cc(OC)c2cc(CCCNC(=O)C(C)C(C)N)[nH]c2c1. The van der Waals surface area contributed by atoms with E-state index in [-0.39, 0.29) is 17.9 Å². The van der Waals surface area contributed by atoms with Gasteiger partial charge in [0.1, 0.15) is 11.5 Å². The number of aryl methyl sites for hydroxylation is 1. The monoisotopic (exact) mass is 333 g/mol. The van der Waals surface area contributed by atoms with Gasteiger partial charge in [0.25, 0.3) is 0 Å². The number of aromatic amines is 1. The first-order valence-electron chi connectivity index (χ1n) is 8.23. The van der Waals surface area contributed by atoms with Gasteiger partial charge in [-0.2, -0.15) is 0 Å². The second-order valence-corrected chi connectivity index (χ2v) is 6.13. The topological polar surface area (TPSA) is 89.4 Å². The smallest absolute Gasteiger partial charge is 0.224 e. The average molecular weight is 333 g/mol. The second-order valence-electron chi connectivity index (χ2n) is 6.13. The average Bonchev–Trinajstić information content (AvgIpc) is 2.99.